The third kappa shape index (κ3) is 1.95. The van der Waals surface area contributed by atoms with Gasteiger partial charge in [0.05, 0.1) is 0 Å². The number of nitrogens with zero attached hydrogens (tertiary/aromatic N) is 1. The SMILES string of the molecule is O=C(O)C1CCC(c2nc3cc(Cl)ccc3o2)O1. The number of hydrogen-bond donors (Lipinski definition) is 1. The van der Waals surface area contributed by atoms with Gasteiger partial charge in [0.1, 0.15) is 11.6 Å². The van der Waals surface area contributed by atoms with Gasteiger partial charge in [-0.05, 0) is 31.0 Å². The number of fused-ring (bicyclic) bond motifs is 1. The standard InChI is InChI=1S/C12H10ClNO4/c13-6-1-2-8-7(5-6)14-11(18-8)9-3-4-10(17-9)12(15)16/h1-2,5,9-10H,3-4H2,(H,15,16). The fourth-order valence-corrected chi connectivity index (χ4v) is 2.22. The van der Waals surface area contributed by atoms with Crippen LogP contribution in [-0.4, -0.2) is 22.2 Å². The first-order valence-electron chi connectivity index (χ1n) is 5.58. The van der Waals surface area contributed by atoms with Gasteiger partial charge >= 0.3 is 5.97 Å². The van der Waals surface area contributed by atoms with E-state index in [1.165, 1.54) is 0 Å². The zero-order chi connectivity index (χ0) is 12.7. The number of benzene rings is 1. The number of aromatic nitrogens is 1. The lowest BCUT2D eigenvalue weighted by atomic mass is 10.2. The van der Waals surface area contributed by atoms with Crippen LogP contribution >= 0.6 is 11.6 Å². The van der Waals surface area contributed by atoms with Gasteiger partial charge in [0.2, 0.25) is 5.89 Å². The molecule has 1 aliphatic rings. The summed E-state index contributed by atoms with van der Waals surface area (Å²) in [7, 11) is 0. The Kier molecular flexibility index (Phi) is 2.72. The summed E-state index contributed by atoms with van der Waals surface area (Å²) in [6.07, 6.45) is -0.0948. The monoisotopic (exact) mass is 267 g/mol. The van der Waals surface area contributed by atoms with Gasteiger partial charge < -0.3 is 14.3 Å². The third-order valence-electron chi connectivity index (χ3n) is 2.94. The maximum Gasteiger partial charge on any atom is 0.332 e. The number of oxazole rings is 1. The molecule has 1 aromatic heterocycles. The van der Waals surface area contributed by atoms with Crippen LogP contribution in [-0.2, 0) is 9.53 Å². The largest absolute Gasteiger partial charge is 0.479 e. The van der Waals surface area contributed by atoms with E-state index < -0.39 is 18.2 Å². The first kappa shape index (κ1) is 11.5. The summed E-state index contributed by atoms with van der Waals surface area (Å²) in [5, 5.41) is 9.44. The van der Waals surface area contributed by atoms with E-state index >= 15 is 0 Å². The molecular weight excluding hydrogens is 258 g/mol. The predicted molar refractivity (Wildman–Crippen MR) is 63.5 cm³/mol. The van der Waals surface area contributed by atoms with Gasteiger partial charge in [0.15, 0.2) is 11.7 Å². The summed E-state index contributed by atoms with van der Waals surface area (Å²) in [4.78, 5) is 15.1. The van der Waals surface area contributed by atoms with Gasteiger partial charge in [0.25, 0.3) is 0 Å². The van der Waals surface area contributed by atoms with Crippen LogP contribution in [0.15, 0.2) is 22.6 Å². The molecule has 6 heteroatoms. The fourth-order valence-electron chi connectivity index (χ4n) is 2.06. The molecule has 0 spiro atoms. The molecule has 1 aliphatic heterocycles. The number of ether oxygens (including phenoxy) is 1. The minimum absolute atomic E-state index is 0.391. The molecule has 3 rings (SSSR count). The van der Waals surface area contributed by atoms with E-state index in [1.807, 2.05) is 0 Å². The fraction of sp³-hybridized carbons (Fsp3) is 0.333. The highest BCUT2D eigenvalue weighted by atomic mass is 35.5. The molecule has 0 radical (unpaired) electrons. The lowest BCUT2D eigenvalue weighted by Crippen LogP contribution is -2.18. The second-order valence-electron chi connectivity index (χ2n) is 4.19. The number of carbonyl (C=O) groups is 1. The van der Waals surface area contributed by atoms with Crippen LogP contribution in [0.4, 0.5) is 0 Å². The van der Waals surface area contributed by atoms with Crippen LogP contribution in [0.1, 0.15) is 24.8 Å². The maximum atomic E-state index is 10.8. The summed E-state index contributed by atoms with van der Waals surface area (Å²) >= 11 is 5.86. The molecule has 94 valence electrons. The Morgan fingerprint density at radius 1 is 1.44 bits per heavy atom. The average molecular weight is 268 g/mol. The van der Waals surface area contributed by atoms with E-state index in [9.17, 15) is 4.79 Å². The van der Waals surface area contributed by atoms with E-state index in [0.717, 1.165) is 0 Å². The molecule has 1 fully saturated rings. The summed E-state index contributed by atoms with van der Waals surface area (Å²) in [5.74, 6) is -0.535. The lowest BCUT2D eigenvalue weighted by molar-refractivity contribution is -0.149. The van der Waals surface area contributed by atoms with Crippen molar-refractivity contribution in [1.29, 1.82) is 0 Å². The zero-order valence-corrected chi connectivity index (χ0v) is 10.1. The number of halogens is 1. The van der Waals surface area contributed by atoms with Gasteiger partial charge in [-0.2, -0.15) is 0 Å². The van der Waals surface area contributed by atoms with Gasteiger partial charge in [-0.15, -0.1) is 0 Å². The number of rotatable bonds is 2. The highest BCUT2D eigenvalue weighted by molar-refractivity contribution is 6.31. The highest BCUT2D eigenvalue weighted by Gasteiger charge is 2.34. The number of carboxylic acid groups (broad SMARTS) is 1. The maximum absolute atomic E-state index is 10.8. The van der Waals surface area contributed by atoms with Crippen molar-refractivity contribution >= 4 is 28.7 Å². The summed E-state index contributed by atoms with van der Waals surface area (Å²) in [5.41, 5.74) is 1.27. The van der Waals surface area contributed by atoms with Crippen LogP contribution in [0, 0.1) is 0 Å². The molecular formula is C12H10ClNO4. The summed E-state index contributed by atoms with van der Waals surface area (Å²) in [6, 6.07) is 5.15. The minimum atomic E-state index is -0.948. The molecule has 0 aliphatic carbocycles. The van der Waals surface area contributed by atoms with E-state index in [2.05, 4.69) is 4.98 Å². The normalized spacial score (nSPS) is 23.6. The highest BCUT2D eigenvalue weighted by Crippen LogP contribution is 2.34. The molecule has 2 aromatic rings. The van der Waals surface area contributed by atoms with E-state index in [0.29, 0.717) is 34.9 Å². The quantitative estimate of drug-likeness (QED) is 0.906. The van der Waals surface area contributed by atoms with E-state index in [-0.39, 0.29) is 0 Å². The van der Waals surface area contributed by atoms with E-state index in [1.54, 1.807) is 18.2 Å². The second kappa shape index (κ2) is 4.26. The lowest BCUT2D eigenvalue weighted by Gasteiger charge is -2.06. The van der Waals surface area contributed by atoms with Crippen molar-refractivity contribution in [1.82, 2.24) is 4.98 Å². The smallest absolute Gasteiger partial charge is 0.332 e. The van der Waals surface area contributed by atoms with Crippen molar-refractivity contribution in [2.45, 2.75) is 25.0 Å². The Morgan fingerprint density at radius 3 is 3.00 bits per heavy atom. The van der Waals surface area contributed by atoms with Gasteiger partial charge in [-0.25, -0.2) is 9.78 Å². The molecule has 1 saturated heterocycles. The molecule has 2 heterocycles. The second-order valence-corrected chi connectivity index (χ2v) is 4.63. The average Bonchev–Trinajstić information content (AvgIpc) is 2.93. The summed E-state index contributed by atoms with van der Waals surface area (Å²) in [6.45, 7) is 0. The van der Waals surface area contributed by atoms with Crippen LogP contribution < -0.4 is 0 Å². The van der Waals surface area contributed by atoms with E-state index in [4.69, 9.17) is 25.9 Å². The Hall–Kier alpha value is -1.59. The molecule has 0 bridgehead atoms. The van der Waals surface area contributed by atoms with Crippen molar-refractivity contribution in [3.05, 3.63) is 29.1 Å². The van der Waals surface area contributed by atoms with Crippen molar-refractivity contribution < 1.29 is 19.1 Å². The molecule has 18 heavy (non-hydrogen) atoms. The van der Waals surface area contributed by atoms with Crippen LogP contribution in [0.3, 0.4) is 0 Å². The molecule has 1 N–H and O–H groups in total. The van der Waals surface area contributed by atoms with Crippen LogP contribution in [0.25, 0.3) is 11.1 Å². The Bertz CT molecular complexity index is 609. The van der Waals surface area contributed by atoms with Gasteiger partial charge in [0, 0.05) is 5.02 Å². The predicted octanol–water partition coefficient (Wildman–Crippen LogP) is 2.79. The van der Waals surface area contributed by atoms with Gasteiger partial charge in [-0.3, -0.25) is 0 Å². The van der Waals surface area contributed by atoms with Crippen molar-refractivity contribution in [3.63, 3.8) is 0 Å². The van der Waals surface area contributed by atoms with Gasteiger partial charge in [-0.1, -0.05) is 11.6 Å². The Labute approximate surface area is 107 Å². The minimum Gasteiger partial charge on any atom is -0.479 e. The summed E-state index contributed by atoms with van der Waals surface area (Å²) < 4.78 is 10.9. The molecule has 0 saturated carbocycles. The zero-order valence-electron chi connectivity index (χ0n) is 9.30. The Balaban J connectivity index is 1.89. The Morgan fingerprint density at radius 2 is 2.28 bits per heavy atom. The van der Waals surface area contributed by atoms with Crippen molar-refractivity contribution in [3.8, 4) is 0 Å². The molecule has 1 aromatic carbocycles. The molecule has 0 amide bonds. The number of carboxylic acids is 1. The van der Waals surface area contributed by atoms with Crippen LogP contribution in [0.2, 0.25) is 5.02 Å². The number of aliphatic carboxylic acids is 1. The van der Waals surface area contributed by atoms with Crippen LogP contribution in [0.5, 0.6) is 0 Å². The molecule has 2 unspecified atom stereocenters. The molecule has 5 nitrogen and oxygen atoms in total. The number of hydrogen-bond acceptors (Lipinski definition) is 4. The van der Waals surface area contributed by atoms with Crippen molar-refractivity contribution in [2.75, 3.05) is 0 Å². The van der Waals surface area contributed by atoms with Crippen molar-refractivity contribution in [2.24, 2.45) is 0 Å². The third-order valence-corrected chi connectivity index (χ3v) is 3.17. The first-order chi connectivity index (χ1) is 8.63. The molecule has 2 atom stereocenters. The topological polar surface area (TPSA) is 72.6 Å². The first-order valence-corrected chi connectivity index (χ1v) is 5.95.